The summed E-state index contributed by atoms with van der Waals surface area (Å²) in [5.74, 6) is -1.18. The van der Waals surface area contributed by atoms with E-state index < -0.39 is 17.4 Å². The van der Waals surface area contributed by atoms with Gasteiger partial charge < -0.3 is 14.4 Å². The first kappa shape index (κ1) is 17.0. The minimum atomic E-state index is -0.572. The molecule has 0 fully saturated rings. The van der Waals surface area contributed by atoms with Crippen molar-refractivity contribution in [1.82, 2.24) is 4.90 Å². The minimum Gasteiger partial charge on any atom is -0.503 e. The predicted molar refractivity (Wildman–Crippen MR) is 88.9 cm³/mol. The summed E-state index contributed by atoms with van der Waals surface area (Å²) in [6, 6.07) is 7.72. The molecule has 0 bridgehead atoms. The number of amides is 1. The molecule has 1 N–H and O–H groups in total. The van der Waals surface area contributed by atoms with E-state index in [-0.39, 0.29) is 23.7 Å². The summed E-state index contributed by atoms with van der Waals surface area (Å²) in [6.07, 6.45) is 1.10. The monoisotopic (exact) mass is 343 g/mol. The molecule has 1 amide bonds. The van der Waals surface area contributed by atoms with Gasteiger partial charge in [0.05, 0.1) is 12.1 Å². The van der Waals surface area contributed by atoms with Crippen LogP contribution in [-0.2, 0) is 17.6 Å². The van der Waals surface area contributed by atoms with Gasteiger partial charge in [0.25, 0.3) is 5.91 Å². The van der Waals surface area contributed by atoms with Crippen LogP contribution >= 0.6 is 0 Å². The molecule has 25 heavy (non-hydrogen) atoms. The fourth-order valence-corrected chi connectivity index (χ4v) is 2.84. The number of nitrogens with zero attached hydrogens (tertiary/aromatic N) is 1. The Morgan fingerprint density at radius 1 is 1.32 bits per heavy atom. The number of carbonyl (C=O) groups is 2. The number of benzene rings is 1. The number of hydrogen-bond acceptors (Lipinski definition) is 4. The largest absolute Gasteiger partial charge is 0.503 e. The van der Waals surface area contributed by atoms with Gasteiger partial charge in [-0.1, -0.05) is 19.1 Å². The van der Waals surface area contributed by atoms with Gasteiger partial charge in [-0.15, -0.1) is 0 Å². The van der Waals surface area contributed by atoms with Crippen molar-refractivity contribution in [3.63, 3.8) is 0 Å². The maximum Gasteiger partial charge on any atom is 0.289 e. The quantitative estimate of drug-likeness (QED) is 0.847. The van der Waals surface area contributed by atoms with Crippen molar-refractivity contribution < 1.29 is 23.5 Å². The molecule has 3 rings (SSSR count). The Kier molecular flexibility index (Phi) is 4.44. The van der Waals surface area contributed by atoms with E-state index in [9.17, 15) is 19.1 Å². The van der Waals surface area contributed by atoms with Gasteiger partial charge in [0.15, 0.2) is 11.5 Å². The Morgan fingerprint density at radius 2 is 2.00 bits per heavy atom. The van der Waals surface area contributed by atoms with Gasteiger partial charge in [0, 0.05) is 13.5 Å². The Hall–Kier alpha value is -2.89. The van der Waals surface area contributed by atoms with Gasteiger partial charge in [-0.05, 0) is 35.7 Å². The molecule has 130 valence electrons. The van der Waals surface area contributed by atoms with E-state index in [1.54, 1.807) is 18.2 Å². The number of furan rings is 1. The molecule has 0 saturated heterocycles. The molecular formula is C19H18FNO4. The predicted octanol–water partition coefficient (Wildman–Crippen LogP) is 3.04. The third-order valence-corrected chi connectivity index (χ3v) is 4.28. The Morgan fingerprint density at radius 3 is 2.56 bits per heavy atom. The summed E-state index contributed by atoms with van der Waals surface area (Å²) in [6.45, 7) is 2.00. The zero-order valence-electron chi connectivity index (χ0n) is 14.0. The zero-order valence-corrected chi connectivity index (χ0v) is 14.0. The molecule has 1 aromatic carbocycles. The molecule has 0 spiro atoms. The number of aryl methyl sites for hydroxylation is 1. The topological polar surface area (TPSA) is 70.8 Å². The second-order valence-corrected chi connectivity index (χ2v) is 6.03. The lowest BCUT2D eigenvalue weighted by Crippen LogP contribution is -2.22. The van der Waals surface area contributed by atoms with Crippen molar-refractivity contribution in [2.24, 2.45) is 0 Å². The summed E-state index contributed by atoms with van der Waals surface area (Å²) < 4.78 is 18.7. The third kappa shape index (κ3) is 3.20. The van der Waals surface area contributed by atoms with Crippen LogP contribution in [0.25, 0.3) is 0 Å². The number of Topliss-reactive ketones (excluding diaryl/α,β-unsaturated/α-hetero) is 1. The van der Waals surface area contributed by atoms with Crippen LogP contribution in [0.15, 0.2) is 46.1 Å². The first-order valence-corrected chi connectivity index (χ1v) is 7.99. The fraction of sp³-hybridized carbons (Fsp3) is 0.263. The van der Waals surface area contributed by atoms with Gasteiger partial charge in [0.1, 0.15) is 11.6 Å². The molecule has 0 radical (unpaired) electrons. The molecule has 1 aromatic heterocycles. The van der Waals surface area contributed by atoms with Crippen LogP contribution in [0, 0.1) is 5.82 Å². The molecule has 0 atom stereocenters. The van der Waals surface area contributed by atoms with Gasteiger partial charge in [-0.25, -0.2) is 4.39 Å². The number of ketones is 1. The number of aliphatic hydroxyl groups is 1. The number of rotatable bonds is 5. The number of halogens is 1. The van der Waals surface area contributed by atoms with Crippen LogP contribution in [0.1, 0.15) is 34.4 Å². The lowest BCUT2D eigenvalue weighted by atomic mass is 10.1. The highest BCUT2D eigenvalue weighted by Crippen LogP contribution is 2.25. The van der Waals surface area contributed by atoms with Crippen LogP contribution in [-0.4, -0.2) is 35.3 Å². The van der Waals surface area contributed by atoms with E-state index in [1.165, 1.54) is 24.1 Å². The third-order valence-electron chi connectivity index (χ3n) is 4.28. The fourth-order valence-electron chi connectivity index (χ4n) is 2.84. The lowest BCUT2D eigenvalue weighted by Gasteiger charge is -2.06. The number of likely N-dealkylation sites (N-methyl/N-ethyl adjacent to an activating group) is 1. The van der Waals surface area contributed by atoms with E-state index in [0.29, 0.717) is 18.6 Å². The normalized spacial score (nSPS) is 14.5. The van der Waals surface area contributed by atoms with E-state index in [1.807, 2.05) is 6.92 Å². The van der Waals surface area contributed by atoms with Gasteiger partial charge in [-0.2, -0.15) is 0 Å². The molecule has 5 nitrogen and oxygen atoms in total. The molecule has 6 heteroatoms. The maximum absolute atomic E-state index is 13.0. The van der Waals surface area contributed by atoms with E-state index in [0.717, 1.165) is 11.1 Å². The van der Waals surface area contributed by atoms with Crippen LogP contribution in [0.2, 0.25) is 0 Å². The van der Waals surface area contributed by atoms with Crippen molar-refractivity contribution in [3.05, 3.63) is 70.1 Å². The second kappa shape index (κ2) is 6.55. The van der Waals surface area contributed by atoms with Gasteiger partial charge >= 0.3 is 0 Å². The molecule has 0 unspecified atom stereocenters. The molecular weight excluding hydrogens is 325 g/mol. The summed E-state index contributed by atoms with van der Waals surface area (Å²) in [5, 5.41) is 9.84. The highest BCUT2D eigenvalue weighted by molar-refractivity contribution is 6.14. The molecule has 1 aliphatic heterocycles. The maximum atomic E-state index is 13.0. The van der Waals surface area contributed by atoms with Crippen molar-refractivity contribution in [1.29, 1.82) is 0 Å². The first-order valence-electron chi connectivity index (χ1n) is 7.99. The summed E-state index contributed by atoms with van der Waals surface area (Å²) in [7, 11) is 1.51. The molecule has 2 heterocycles. The van der Waals surface area contributed by atoms with Gasteiger partial charge in [-0.3, -0.25) is 9.59 Å². The lowest BCUT2D eigenvalue weighted by molar-refractivity contribution is -0.126. The van der Waals surface area contributed by atoms with E-state index >= 15 is 0 Å². The zero-order chi connectivity index (χ0) is 18.1. The van der Waals surface area contributed by atoms with Crippen molar-refractivity contribution >= 4 is 11.7 Å². The molecule has 0 saturated carbocycles. The molecule has 1 aliphatic rings. The summed E-state index contributed by atoms with van der Waals surface area (Å²) in [5.41, 5.74) is 1.77. The van der Waals surface area contributed by atoms with E-state index in [2.05, 4.69) is 0 Å². The Balaban J connectivity index is 1.89. The SMILES string of the molecule is CCc1cc(C(=O)C2=C(O)C(=O)N(C)C2)oc1Cc1ccc(F)cc1. The van der Waals surface area contributed by atoms with Crippen molar-refractivity contribution in [2.45, 2.75) is 19.8 Å². The smallest absolute Gasteiger partial charge is 0.289 e. The van der Waals surface area contributed by atoms with Crippen LogP contribution in [0.3, 0.4) is 0 Å². The first-order chi connectivity index (χ1) is 11.9. The highest BCUT2D eigenvalue weighted by atomic mass is 19.1. The Bertz CT molecular complexity index is 864. The summed E-state index contributed by atoms with van der Waals surface area (Å²) >= 11 is 0. The number of carbonyl (C=O) groups excluding carboxylic acids is 2. The van der Waals surface area contributed by atoms with Crippen LogP contribution < -0.4 is 0 Å². The second-order valence-electron chi connectivity index (χ2n) is 6.03. The standard InChI is InChI=1S/C19H18FNO4/c1-3-12-9-16(17(22)14-10-21(2)19(24)18(14)23)25-15(12)8-11-4-6-13(20)7-5-11/h4-7,9,23H,3,8,10H2,1-2H3. The number of aliphatic hydroxyl groups excluding tert-OH is 1. The number of hydrogen-bond donors (Lipinski definition) is 1. The van der Waals surface area contributed by atoms with Crippen molar-refractivity contribution in [2.75, 3.05) is 13.6 Å². The molecule has 0 aliphatic carbocycles. The highest BCUT2D eigenvalue weighted by Gasteiger charge is 2.33. The summed E-state index contributed by atoms with van der Waals surface area (Å²) in [4.78, 5) is 25.5. The molecule has 2 aromatic rings. The van der Waals surface area contributed by atoms with Crippen LogP contribution in [0.5, 0.6) is 0 Å². The Labute approximate surface area is 144 Å². The average Bonchev–Trinajstić information content (AvgIpc) is 3.12. The minimum absolute atomic E-state index is 0.0391. The van der Waals surface area contributed by atoms with Gasteiger partial charge in [0.2, 0.25) is 5.78 Å². The average molecular weight is 343 g/mol. The van der Waals surface area contributed by atoms with E-state index in [4.69, 9.17) is 4.42 Å². The van der Waals surface area contributed by atoms with Crippen LogP contribution in [0.4, 0.5) is 4.39 Å². The van der Waals surface area contributed by atoms with Crippen molar-refractivity contribution in [3.8, 4) is 0 Å².